The van der Waals surface area contributed by atoms with Gasteiger partial charge >= 0.3 is 0 Å². The van der Waals surface area contributed by atoms with Gasteiger partial charge in [0.15, 0.2) is 11.5 Å². The second kappa shape index (κ2) is 6.27. The highest BCUT2D eigenvalue weighted by Crippen LogP contribution is 2.72. The van der Waals surface area contributed by atoms with Crippen LogP contribution in [0.5, 0.6) is 11.5 Å². The lowest BCUT2D eigenvalue weighted by molar-refractivity contribution is -0.194. The van der Waals surface area contributed by atoms with Gasteiger partial charge < -0.3 is 24.8 Å². The predicted molar refractivity (Wildman–Crippen MR) is 133 cm³/mol. The van der Waals surface area contributed by atoms with Crippen LogP contribution in [0.3, 0.4) is 0 Å². The minimum Gasteiger partial charge on any atom is -0.480 e. The van der Waals surface area contributed by atoms with E-state index in [4.69, 9.17) is 9.47 Å². The van der Waals surface area contributed by atoms with Gasteiger partial charge in [0.25, 0.3) is 0 Å². The summed E-state index contributed by atoms with van der Waals surface area (Å²) in [6, 6.07) is 3.92. The number of hydrogen-bond acceptors (Lipinski definition) is 6. The first-order valence-electron chi connectivity index (χ1n) is 13.1. The predicted octanol–water partition coefficient (Wildman–Crippen LogP) is 2.65. The first kappa shape index (κ1) is 22.6. The molecule has 8 rings (SSSR count). The van der Waals surface area contributed by atoms with Crippen LogP contribution >= 0.6 is 0 Å². The normalized spacial score (nSPS) is 42.9. The largest absolute Gasteiger partial charge is 0.480 e. The fourth-order valence-corrected chi connectivity index (χ4v) is 9.04. The molecule has 8 nitrogen and oxygen atoms in total. The van der Waals surface area contributed by atoms with Gasteiger partial charge in [-0.25, -0.2) is 0 Å². The molecule has 192 valence electrons. The maximum absolute atomic E-state index is 14.1. The second-order valence-corrected chi connectivity index (χ2v) is 13.2. The highest BCUT2D eigenvalue weighted by Gasteiger charge is 2.81. The number of aliphatic hydroxyl groups excluding tert-OH is 1. The number of likely N-dealkylation sites (N-methyl/N-ethyl adjacent to an activating group) is 1. The molecule has 6 aliphatic heterocycles. The standard InChI is InChI=1S/C28H35N3O5/c1-15-12-31-14-26-13-27(25(4,5)18(26)11-28(31,21(15)32)23(34)30(26)6)16-7-8-17-20(19(16)29-22(27)33)35-10-9-24(2,3)36-17/h7-10,15,18,21,32H,11-14H2,1-6H3,(H,29,33)/t15-,18+,21-,26-,27-,28-/m1/s1. The molecule has 6 heterocycles. The van der Waals surface area contributed by atoms with E-state index < -0.39 is 33.6 Å². The van der Waals surface area contributed by atoms with Crippen LogP contribution in [0.15, 0.2) is 24.5 Å². The molecule has 3 spiro atoms. The molecule has 2 N–H and O–H groups in total. The van der Waals surface area contributed by atoms with E-state index in [0.29, 0.717) is 43.1 Å². The number of nitrogens with zero attached hydrogens (tertiary/aromatic N) is 2. The summed E-state index contributed by atoms with van der Waals surface area (Å²) in [5, 5.41) is 14.5. The van der Waals surface area contributed by atoms with Crippen molar-refractivity contribution in [3.05, 3.63) is 30.0 Å². The van der Waals surface area contributed by atoms with Crippen LogP contribution in [0.2, 0.25) is 0 Å². The summed E-state index contributed by atoms with van der Waals surface area (Å²) in [6.45, 7) is 11.7. The van der Waals surface area contributed by atoms with E-state index in [1.165, 1.54) is 0 Å². The van der Waals surface area contributed by atoms with Gasteiger partial charge in [-0.3, -0.25) is 14.5 Å². The third kappa shape index (κ3) is 2.18. The van der Waals surface area contributed by atoms with Crippen molar-refractivity contribution in [2.75, 3.05) is 25.5 Å². The quantitative estimate of drug-likeness (QED) is 0.578. The highest BCUT2D eigenvalue weighted by molar-refractivity contribution is 6.09. The van der Waals surface area contributed by atoms with Crippen molar-refractivity contribution < 1.29 is 24.2 Å². The zero-order chi connectivity index (χ0) is 25.6. The first-order valence-corrected chi connectivity index (χ1v) is 13.1. The lowest BCUT2D eigenvalue weighted by Gasteiger charge is -2.64. The first-order chi connectivity index (χ1) is 16.8. The van der Waals surface area contributed by atoms with Gasteiger partial charge in [0.2, 0.25) is 11.8 Å². The van der Waals surface area contributed by atoms with E-state index in [2.05, 4.69) is 24.1 Å². The lowest BCUT2D eigenvalue weighted by Crippen LogP contribution is -2.80. The third-order valence-electron chi connectivity index (χ3n) is 10.9. The summed E-state index contributed by atoms with van der Waals surface area (Å²) in [5.41, 5.74) is -1.67. The van der Waals surface area contributed by atoms with Crippen molar-refractivity contribution in [2.45, 2.75) is 75.7 Å². The maximum Gasteiger partial charge on any atom is 0.246 e. The molecular formula is C28H35N3O5. The van der Waals surface area contributed by atoms with Crippen molar-refractivity contribution in [1.29, 1.82) is 0 Å². The van der Waals surface area contributed by atoms with Crippen molar-refractivity contribution in [3.63, 3.8) is 0 Å². The van der Waals surface area contributed by atoms with Gasteiger partial charge in [-0.1, -0.05) is 26.8 Å². The molecule has 1 aliphatic carbocycles. The minimum atomic E-state index is -0.900. The zero-order valence-corrected chi connectivity index (χ0v) is 21.8. The molecule has 4 saturated heterocycles. The smallest absolute Gasteiger partial charge is 0.246 e. The Hall–Kier alpha value is -2.58. The molecule has 5 fully saturated rings. The molecule has 1 aromatic carbocycles. The summed E-state index contributed by atoms with van der Waals surface area (Å²) in [5.74, 6) is 1.16. The second-order valence-electron chi connectivity index (χ2n) is 13.2. The topological polar surface area (TPSA) is 91.3 Å². The molecule has 2 bridgehead atoms. The van der Waals surface area contributed by atoms with Gasteiger partial charge in [-0.15, -0.1) is 0 Å². The number of carbonyl (C=O) groups is 2. The summed E-state index contributed by atoms with van der Waals surface area (Å²) >= 11 is 0. The van der Waals surface area contributed by atoms with E-state index in [1.807, 2.05) is 50.9 Å². The number of aliphatic hydroxyl groups is 1. The summed E-state index contributed by atoms with van der Waals surface area (Å²) in [4.78, 5) is 32.2. The Morgan fingerprint density at radius 3 is 2.67 bits per heavy atom. The molecule has 0 aromatic heterocycles. The van der Waals surface area contributed by atoms with Crippen LogP contribution in [-0.4, -0.2) is 69.6 Å². The molecule has 6 atom stereocenters. The van der Waals surface area contributed by atoms with Crippen molar-refractivity contribution in [3.8, 4) is 11.5 Å². The number of anilines is 1. The van der Waals surface area contributed by atoms with Crippen LogP contribution in [0.25, 0.3) is 0 Å². The van der Waals surface area contributed by atoms with Crippen molar-refractivity contribution in [2.24, 2.45) is 17.3 Å². The molecule has 8 heteroatoms. The number of ether oxygens (including phenoxy) is 2. The van der Waals surface area contributed by atoms with E-state index in [1.54, 1.807) is 6.26 Å². The highest BCUT2D eigenvalue weighted by atomic mass is 16.5. The molecule has 2 amide bonds. The Balaban J connectivity index is 1.41. The SMILES string of the molecule is C[C@@H]1CN2C[C@]34C[C@@]5(C(=O)Nc6c5ccc5c6OC=CC(C)(C)O5)C(C)(C)[C@@H]3C[C@]2(C(=O)N4C)[C@@H]1O. The van der Waals surface area contributed by atoms with E-state index in [0.717, 1.165) is 5.56 Å². The molecule has 1 saturated carbocycles. The molecule has 0 radical (unpaired) electrons. The molecule has 7 aliphatic rings. The average Bonchev–Trinajstić information content (AvgIpc) is 3.25. The number of hydrogen-bond donors (Lipinski definition) is 2. The number of nitrogens with one attached hydrogen (secondary N) is 1. The van der Waals surface area contributed by atoms with Crippen molar-refractivity contribution >= 4 is 17.5 Å². The van der Waals surface area contributed by atoms with Crippen molar-refractivity contribution in [1.82, 2.24) is 9.80 Å². The van der Waals surface area contributed by atoms with Crippen LogP contribution < -0.4 is 14.8 Å². The maximum atomic E-state index is 14.1. The van der Waals surface area contributed by atoms with Gasteiger partial charge in [-0.2, -0.15) is 0 Å². The van der Waals surface area contributed by atoms with Gasteiger partial charge in [0.1, 0.15) is 11.1 Å². The Morgan fingerprint density at radius 1 is 1.17 bits per heavy atom. The lowest BCUT2D eigenvalue weighted by atomic mass is 9.57. The minimum absolute atomic E-state index is 0.000593. The van der Waals surface area contributed by atoms with E-state index >= 15 is 0 Å². The zero-order valence-electron chi connectivity index (χ0n) is 21.8. The van der Waals surface area contributed by atoms with Crippen LogP contribution in [0, 0.1) is 17.3 Å². The van der Waals surface area contributed by atoms with Gasteiger partial charge in [0, 0.05) is 20.1 Å². The summed E-state index contributed by atoms with van der Waals surface area (Å²) < 4.78 is 12.2. The monoisotopic (exact) mass is 493 g/mol. The number of amides is 2. The van der Waals surface area contributed by atoms with Crippen LogP contribution in [-0.2, 0) is 15.0 Å². The molecule has 1 aromatic rings. The van der Waals surface area contributed by atoms with Gasteiger partial charge in [-0.05, 0) is 61.6 Å². The Labute approximate surface area is 211 Å². The fraction of sp³-hybridized carbons (Fsp3) is 0.643. The van der Waals surface area contributed by atoms with E-state index in [-0.39, 0.29) is 23.7 Å². The fourth-order valence-electron chi connectivity index (χ4n) is 9.04. The third-order valence-corrected chi connectivity index (χ3v) is 10.9. The van der Waals surface area contributed by atoms with E-state index in [9.17, 15) is 14.7 Å². The number of piperazine rings is 1. The Kier molecular flexibility index (Phi) is 3.94. The van der Waals surface area contributed by atoms with Crippen LogP contribution in [0.1, 0.15) is 53.0 Å². The molecule has 36 heavy (non-hydrogen) atoms. The molecule has 0 unspecified atom stereocenters. The number of carbonyl (C=O) groups excluding carboxylic acids is 2. The Morgan fingerprint density at radius 2 is 1.92 bits per heavy atom. The number of benzene rings is 1. The number of piperidine rings is 2. The number of fused-ring (bicyclic) bond motifs is 5. The number of rotatable bonds is 0. The Bertz CT molecular complexity index is 1270. The summed E-state index contributed by atoms with van der Waals surface area (Å²) in [7, 11) is 1.88. The van der Waals surface area contributed by atoms with Crippen LogP contribution in [0.4, 0.5) is 5.69 Å². The van der Waals surface area contributed by atoms with Gasteiger partial charge in [0.05, 0.1) is 29.0 Å². The molecular weight excluding hydrogens is 458 g/mol. The average molecular weight is 494 g/mol. The summed E-state index contributed by atoms with van der Waals surface area (Å²) in [6.07, 6.45) is 3.89.